The van der Waals surface area contributed by atoms with Crippen molar-refractivity contribution in [2.45, 2.75) is 174 Å². The standard InChI is InChI=1S/C51H82N12O11/c1-10-30(8)42(62-46(68)39-15-13-21-63(39)50(72)35(53)14-11-12-20-52)49(71)61-41(29(6)7)48(70)60-40(28(4)5)47(69)58-36(22-27(2)3)45(67)57-37(24-33-25-54-26-55-33)44(66)56-31(9)43(65)59-38(51(73)74)23-32-16-18-34(64)19-17-32/h16-19,25-31,35-42,64H,10-15,20-24,52-53H2,1-9H3,(H,54,55)(H,56,66)(H,57,67)(H,58,69)(H,59,65)(H,60,70)(H,61,71)(H,62,68)(H,73,74)/t30-,31-,35-,36-,37-,38-,39-,40-,41-,42-/m0/s1. The summed E-state index contributed by atoms with van der Waals surface area (Å²) >= 11 is 0. The van der Waals surface area contributed by atoms with Crippen LogP contribution in [0.1, 0.15) is 119 Å². The number of hydrogen-bond acceptors (Lipinski definition) is 13. The van der Waals surface area contributed by atoms with Crippen LogP contribution in [0.3, 0.4) is 0 Å². The minimum Gasteiger partial charge on any atom is -0.508 e. The van der Waals surface area contributed by atoms with Gasteiger partial charge in [0.25, 0.3) is 0 Å². The summed E-state index contributed by atoms with van der Waals surface area (Å²) in [5.74, 6) is -8.18. The molecular formula is C51H82N12O11. The lowest BCUT2D eigenvalue weighted by Gasteiger charge is -2.32. The number of carboxylic acid groups (broad SMARTS) is 1. The van der Waals surface area contributed by atoms with Gasteiger partial charge < -0.3 is 68.8 Å². The van der Waals surface area contributed by atoms with Crippen LogP contribution in [0.25, 0.3) is 0 Å². The topological polar surface area (TPSA) is 362 Å². The van der Waals surface area contributed by atoms with Gasteiger partial charge >= 0.3 is 5.97 Å². The van der Waals surface area contributed by atoms with Gasteiger partial charge in [-0.05, 0) is 86.9 Å². The zero-order valence-electron chi connectivity index (χ0n) is 44.4. The van der Waals surface area contributed by atoms with Crippen LogP contribution in [0, 0.1) is 23.7 Å². The molecule has 74 heavy (non-hydrogen) atoms. The van der Waals surface area contributed by atoms with Crippen molar-refractivity contribution in [2.24, 2.45) is 35.1 Å². The van der Waals surface area contributed by atoms with Crippen LogP contribution in [0.2, 0.25) is 0 Å². The molecule has 3 rings (SSSR count). The Hall–Kier alpha value is -6.62. The first-order valence-electron chi connectivity index (χ1n) is 25.7. The number of nitrogens with one attached hydrogen (secondary N) is 8. The molecule has 0 bridgehead atoms. The fraction of sp³-hybridized carbons (Fsp3) is 0.647. The summed E-state index contributed by atoms with van der Waals surface area (Å²) in [6.07, 6.45) is 5.96. The molecule has 1 aromatic carbocycles. The zero-order valence-corrected chi connectivity index (χ0v) is 44.4. The van der Waals surface area contributed by atoms with Crippen LogP contribution in [0.5, 0.6) is 5.75 Å². The molecular weight excluding hydrogens is 957 g/mol. The van der Waals surface area contributed by atoms with Gasteiger partial charge in [-0.2, -0.15) is 0 Å². The van der Waals surface area contributed by atoms with Gasteiger partial charge in [0.05, 0.1) is 12.4 Å². The molecule has 23 heteroatoms. The summed E-state index contributed by atoms with van der Waals surface area (Å²) in [7, 11) is 0. The Morgan fingerprint density at radius 1 is 0.716 bits per heavy atom. The van der Waals surface area contributed by atoms with E-state index in [-0.39, 0.29) is 42.8 Å². The number of amides is 8. The number of H-pyrrole nitrogens is 1. The molecule has 14 N–H and O–H groups in total. The molecule has 0 spiro atoms. The maximum atomic E-state index is 14.2. The number of aromatic nitrogens is 2. The average Bonchev–Trinajstić information content (AvgIpc) is 4.06. The molecule has 2 aromatic rings. The normalized spacial score (nSPS) is 17.2. The van der Waals surface area contributed by atoms with Gasteiger partial charge in [0.2, 0.25) is 47.3 Å². The first-order chi connectivity index (χ1) is 34.9. The van der Waals surface area contributed by atoms with Crippen LogP contribution in [-0.2, 0) is 56.0 Å². The van der Waals surface area contributed by atoms with Crippen LogP contribution in [0.4, 0.5) is 0 Å². The van der Waals surface area contributed by atoms with E-state index >= 15 is 0 Å². The number of carbonyl (C=O) groups is 9. The van der Waals surface area contributed by atoms with Gasteiger partial charge in [-0.1, -0.05) is 80.4 Å². The Morgan fingerprint density at radius 3 is 1.82 bits per heavy atom. The lowest BCUT2D eigenvalue weighted by molar-refractivity contribution is -0.142. The predicted octanol–water partition coefficient (Wildman–Crippen LogP) is 0.250. The number of rotatable bonds is 30. The quantitative estimate of drug-likeness (QED) is 0.0467. The molecule has 2 heterocycles. The number of benzene rings is 1. The van der Waals surface area contributed by atoms with Gasteiger partial charge in [0, 0.05) is 31.3 Å². The smallest absolute Gasteiger partial charge is 0.326 e. The number of carbonyl (C=O) groups excluding carboxylic acids is 8. The highest BCUT2D eigenvalue weighted by atomic mass is 16.4. The van der Waals surface area contributed by atoms with E-state index in [4.69, 9.17) is 11.5 Å². The third kappa shape index (κ3) is 19.0. The second-order valence-corrected chi connectivity index (χ2v) is 20.4. The first kappa shape index (κ1) is 61.7. The maximum absolute atomic E-state index is 14.2. The number of phenols is 1. The molecule has 0 saturated carbocycles. The van der Waals surface area contributed by atoms with Crippen molar-refractivity contribution < 1.29 is 53.4 Å². The SMILES string of the molecule is CC[C@H](C)[C@H](NC(=O)[C@@H]1CCCN1C(=O)[C@@H](N)CCCCN)C(=O)N[C@H](C(=O)N[C@H](C(=O)N[C@@H](CC(C)C)C(=O)N[C@@H](Cc1cnc[nH]1)C(=O)N[C@@H](C)C(=O)N[C@@H](Cc1ccc(O)cc1)C(=O)O)C(C)C)C(C)C. The molecule has 412 valence electrons. The van der Waals surface area contributed by atoms with Crippen molar-refractivity contribution in [3.05, 3.63) is 48.0 Å². The van der Waals surface area contributed by atoms with Crippen LogP contribution in [-0.4, -0.2) is 146 Å². The minimum absolute atomic E-state index is 0.0172. The summed E-state index contributed by atoms with van der Waals surface area (Å²) < 4.78 is 0. The summed E-state index contributed by atoms with van der Waals surface area (Å²) in [5.41, 5.74) is 12.8. The van der Waals surface area contributed by atoms with E-state index in [9.17, 15) is 53.4 Å². The fourth-order valence-corrected chi connectivity index (χ4v) is 8.46. The van der Waals surface area contributed by atoms with Gasteiger partial charge in [-0.25, -0.2) is 9.78 Å². The van der Waals surface area contributed by atoms with Crippen molar-refractivity contribution >= 4 is 53.2 Å². The molecule has 1 aliphatic heterocycles. The van der Waals surface area contributed by atoms with Crippen molar-refractivity contribution in [1.29, 1.82) is 0 Å². The zero-order chi connectivity index (χ0) is 55.4. The second kappa shape index (κ2) is 29.9. The van der Waals surface area contributed by atoms with Gasteiger partial charge in [-0.3, -0.25) is 38.4 Å². The highest BCUT2D eigenvalue weighted by Crippen LogP contribution is 2.21. The van der Waals surface area contributed by atoms with Crippen molar-refractivity contribution in [3.63, 3.8) is 0 Å². The van der Waals surface area contributed by atoms with E-state index in [1.807, 2.05) is 20.8 Å². The average molecular weight is 1040 g/mol. The Bertz CT molecular complexity index is 2190. The molecule has 10 atom stereocenters. The number of carboxylic acids is 1. The minimum atomic E-state index is -1.38. The fourth-order valence-electron chi connectivity index (χ4n) is 8.46. The molecule has 1 fully saturated rings. The lowest BCUT2D eigenvalue weighted by Crippen LogP contribution is -2.62. The number of imidazole rings is 1. The first-order valence-corrected chi connectivity index (χ1v) is 25.7. The molecule has 1 saturated heterocycles. The summed E-state index contributed by atoms with van der Waals surface area (Å²) in [5, 5.41) is 38.3. The van der Waals surface area contributed by atoms with E-state index in [0.29, 0.717) is 62.9 Å². The number of aromatic hydroxyl groups is 1. The Labute approximate surface area is 434 Å². The third-order valence-electron chi connectivity index (χ3n) is 13.1. The number of aromatic amines is 1. The predicted molar refractivity (Wildman–Crippen MR) is 275 cm³/mol. The monoisotopic (exact) mass is 1040 g/mol. The number of nitrogens with two attached hydrogens (primary N) is 2. The number of aliphatic carboxylic acids is 1. The molecule has 1 aliphatic rings. The van der Waals surface area contributed by atoms with Gasteiger partial charge in [0.15, 0.2) is 0 Å². The van der Waals surface area contributed by atoms with Gasteiger partial charge in [-0.15, -0.1) is 0 Å². The number of likely N-dealkylation sites (tertiary alicyclic amines) is 1. The summed E-state index contributed by atoms with van der Waals surface area (Å²) in [6.45, 7) is 16.3. The van der Waals surface area contributed by atoms with Crippen LogP contribution in [0.15, 0.2) is 36.8 Å². The van der Waals surface area contributed by atoms with E-state index in [1.54, 1.807) is 34.6 Å². The van der Waals surface area contributed by atoms with Gasteiger partial charge in [0.1, 0.15) is 54.1 Å². The second-order valence-electron chi connectivity index (χ2n) is 20.4. The van der Waals surface area contributed by atoms with Crippen molar-refractivity contribution in [3.8, 4) is 5.75 Å². The van der Waals surface area contributed by atoms with E-state index in [0.717, 1.165) is 0 Å². The number of phenolic OH excluding ortho intramolecular Hbond substituents is 1. The Morgan fingerprint density at radius 2 is 1.28 bits per heavy atom. The van der Waals surface area contributed by atoms with E-state index in [2.05, 4.69) is 47.2 Å². The van der Waals surface area contributed by atoms with E-state index in [1.165, 1.54) is 48.6 Å². The third-order valence-corrected chi connectivity index (χ3v) is 13.1. The van der Waals surface area contributed by atoms with Crippen molar-refractivity contribution in [2.75, 3.05) is 13.1 Å². The van der Waals surface area contributed by atoms with Crippen LogP contribution >= 0.6 is 0 Å². The van der Waals surface area contributed by atoms with Crippen LogP contribution < -0.4 is 48.7 Å². The highest BCUT2D eigenvalue weighted by molar-refractivity contribution is 5.98. The van der Waals surface area contributed by atoms with Crippen molar-refractivity contribution in [1.82, 2.24) is 52.1 Å². The summed E-state index contributed by atoms with van der Waals surface area (Å²) in [6, 6.07) is -4.50. The Kier molecular flexibility index (Phi) is 24.9. The van der Waals surface area contributed by atoms with E-state index < -0.39 is 114 Å². The Balaban J connectivity index is 1.76. The molecule has 8 amide bonds. The molecule has 0 radical (unpaired) electrons. The number of unbranched alkanes of at least 4 members (excludes halogenated alkanes) is 1. The molecule has 1 aromatic heterocycles. The molecule has 23 nitrogen and oxygen atoms in total. The number of hydrogen-bond donors (Lipinski definition) is 12. The molecule has 0 aliphatic carbocycles. The number of nitrogens with zero attached hydrogens (tertiary/aromatic N) is 2. The largest absolute Gasteiger partial charge is 0.508 e. The highest BCUT2D eigenvalue weighted by Gasteiger charge is 2.40. The lowest BCUT2D eigenvalue weighted by atomic mass is 9.95. The summed E-state index contributed by atoms with van der Waals surface area (Å²) in [4.78, 5) is 131. The molecule has 0 unspecified atom stereocenters. The maximum Gasteiger partial charge on any atom is 0.326 e.